The third-order valence-corrected chi connectivity index (χ3v) is 4.00. The van der Waals surface area contributed by atoms with Crippen LogP contribution in [0.1, 0.15) is 30.7 Å². The van der Waals surface area contributed by atoms with Gasteiger partial charge in [0.15, 0.2) is 4.34 Å². The van der Waals surface area contributed by atoms with E-state index in [1.54, 1.807) is 23.1 Å². The van der Waals surface area contributed by atoms with Gasteiger partial charge in [0.1, 0.15) is 5.01 Å². The number of nitrogens with zero attached hydrogens (tertiary/aromatic N) is 2. The van der Waals surface area contributed by atoms with E-state index >= 15 is 0 Å². The molecule has 1 aromatic rings. The van der Waals surface area contributed by atoms with Crippen LogP contribution in [-0.2, 0) is 4.79 Å². The summed E-state index contributed by atoms with van der Waals surface area (Å²) in [5, 5.41) is 8.97. The predicted octanol–water partition coefficient (Wildman–Crippen LogP) is 1.49. The highest BCUT2D eigenvalue weighted by molar-refractivity contribution is 8.01. The number of thioether (sulfide) groups is 1. The number of aromatic nitrogens is 2. The molecular weight excluding hydrogens is 244 g/mol. The molecule has 0 radical (unpaired) electrons. The van der Waals surface area contributed by atoms with Gasteiger partial charge in [0.2, 0.25) is 5.91 Å². The Balaban J connectivity index is 1.98. The maximum Gasteiger partial charge on any atom is 0.233 e. The molecule has 7 heteroatoms. The molecule has 1 rings (SSSR count). The van der Waals surface area contributed by atoms with Crippen LogP contribution in [0, 0.1) is 6.92 Å². The Morgan fingerprint density at radius 3 is 2.88 bits per heavy atom. The minimum absolute atomic E-state index is 0.0904. The first-order valence-electron chi connectivity index (χ1n) is 5.14. The number of hydrogen-bond donors (Lipinski definition) is 2. The molecule has 0 atom stereocenters. The van der Waals surface area contributed by atoms with Crippen molar-refractivity contribution in [2.45, 2.75) is 36.9 Å². The summed E-state index contributed by atoms with van der Waals surface area (Å²) < 4.78 is 1.03. The molecule has 90 valence electrons. The van der Waals surface area contributed by atoms with E-state index in [9.17, 15) is 4.79 Å². The fraction of sp³-hybridized carbons (Fsp3) is 0.667. The van der Waals surface area contributed by atoms with E-state index in [0.29, 0.717) is 6.42 Å². The smallest absolute Gasteiger partial charge is 0.233 e. The maximum atomic E-state index is 10.8. The highest BCUT2D eigenvalue weighted by Crippen LogP contribution is 2.22. The third kappa shape index (κ3) is 5.43. The Morgan fingerprint density at radius 2 is 2.25 bits per heavy atom. The number of nitrogens with two attached hydrogens (primary N) is 1. The van der Waals surface area contributed by atoms with Gasteiger partial charge >= 0.3 is 0 Å². The highest BCUT2D eigenvalue weighted by atomic mass is 32.2. The molecular formula is C9H16N4OS2. The van der Waals surface area contributed by atoms with Crippen LogP contribution in [0.3, 0.4) is 0 Å². The fourth-order valence-corrected chi connectivity index (χ4v) is 3.02. The summed E-state index contributed by atoms with van der Waals surface area (Å²) in [6, 6.07) is 0. The molecule has 0 saturated heterocycles. The number of unbranched alkanes of at least 4 members (excludes halogenated alkanes) is 2. The quantitative estimate of drug-likeness (QED) is 0.255. The molecule has 1 aromatic heterocycles. The topological polar surface area (TPSA) is 80.9 Å². The van der Waals surface area contributed by atoms with Crippen LogP contribution in [0.2, 0.25) is 0 Å². The zero-order chi connectivity index (χ0) is 11.8. The third-order valence-electron chi connectivity index (χ3n) is 1.94. The maximum absolute atomic E-state index is 10.8. The minimum Gasteiger partial charge on any atom is -0.294 e. The predicted molar refractivity (Wildman–Crippen MR) is 66.2 cm³/mol. The number of carbonyl (C=O) groups excluding carboxylic acids is 1. The molecule has 0 aliphatic carbocycles. The van der Waals surface area contributed by atoms with E-state index in [2.05, 4.69) is 15.6 Å². The largest absolute Gasteiger partial charge is 0.294 e. The molecule has 0 aromatic carbocycles. The summed E-state index contributed by atoms with van der Waals surface area (Å²) >= 11 is 3.35. The molecule has 0 aliphatic heterocycles. The second-order valence-electron chi connectivity index (χ2n) is 3.31. The van der Waals surface area contributed by atoms with E-state index < -0.39 is 0 Å². The number of hydrazine groups is 1. The monoisotopic (exact) mass is 260 g/mol. The Kier molecular flexibility index (Phi) is 6.36. The lowest BCUT2D eigenvalue weighted by Crippen LogP contribution is -2.29. The average Bonchev–Trinajstić information content (AvgIpc) is 2.69. The Morgan fingerprint density at radius 1 is 1.44 bits per heavy atom. The zero-order valence-electron chi connectivity index (χ0n) is 9.23. The summed E-state index contributed by atoms with van der Waals surface area (Å²) in [6.45, 7) is 1.95. The first kappa shape index (κ1) is 13.4. The summed E-state index contributed by atoms with van der Waals surface area (Å²) in [4.78, 5) is 10.8. The molecule has 3 N–H and O–H groups in total. The van der Waals surface area contributed by atoms with Crippen molar-refractivity contribution in [1.82, 2.24) is 15.6 Å². The van der Waals surface area contributed by atoms with Crippen molar-refractivity contribution < 1.29 is 4.79 Å². The number of carbonyl (C=O) groups is 1. The van der Waals surface area contributed by atoms with Gasteiger partial charge in [0, 0.05) is 12.2 Å². The van der Waals surface area contributed by atoms with Crippen molar-refractivity contribution >= 4 is 29.0 Å². The Bertz CT molecular complexity index is 329. The lowest BCUT2D eigenvalue weighted by molar-refractivity contribution is -0.121. The van der Waals surface area contributed by atoms with Crippen LogP contribution in [0.4, 0.5) is 0 Å². The van der Waals surface area contributed by atoms with Crippen molar-refractivity contribution in [2.75, 3.05) is 5.75 Å². The van der Waals surface area contributed by atoms with Crippen molar-refractivity contribution in [3.63, 3.8) is 0 Å². The first-order valence-corrected chi connectivity index (χ1v) is 6.95. The lowest BCUT2D eigenvalue weighted by Gasteiger charge is -1.99. The van der Waals surface area contributed by atoms with Gasteiger partial charge in [-0.3, -0.25) is 10.2 Å². The Hall–Kier alpha value is -0.660. The van der Waals surface area contributed by atoms with Gasteiger partial charge in [-0.25, -0.2) is 5.84 Å². The van der Waals surface area contributed by atoms with Gasteiger partial charge < -0.3 is 0 Å². The van der Waals surface area contributed by atoms with Crippen LogP contribution in [-0.4, -0.2) is 21.9 Å². The van der Waals surface area contributed by atoms with E-state index in [1.807, 2.05) is 6.92 Å². The average molecular weight is 260 g/mol. The van der Waals surface area contributed by atoms with Gasteiger partial charge in [-0.05, 0) is 19.8 Å². The second-order valence-corrected chi connectivity index (χ2v) is 5.84. The van der Waals surface area contributed by atoms with Crippen molar-refractivity contribution in [3.8, 4) is 0 Å². The van der Waals surface area contributed by atoms with Crippen LogP contribution >= 0.6 is 23.1 Å². The van der Waals surface area contributed by atoms with Crippen molar-refractivity contribution in [2.24, 2.45) is 5.84 Å². The van der Waals surface area contributed by atoms with Crippen LogP contribution < -0.4 is 11.3 Å². The fourth-order valence-electron chi connectivity index (χ4n) is 1.13. The molecule has 0 fully saturated rings. The molecule has 0 spiro atoms. The normalized spacial score (nSPS) is 10.4. The van der Waals surface area contributed by atoms with E-state index in [0.717, 1.165) is 34.4 Å². The molecule has 1 amide bonds. The van der Waals surface area contributed by atoms with Gasteiger partial charge in [-0.1, -0.05) is 29.5 Å². The molecule has 0 aliphatic rings. The van der Waals surface area contributed by atoms with Crippen molar-refractivity contribution in [3.05, 3.63) is 5.01 Å². The summed E-state index contributed by atoms with van der Waals surface area (Å²) in [6.07, 6.45) is 3.52. The van der Waals surface area contributed by atoms with Crippen LogP contribution in [0.25, 0.3) is 0 Å². The first-order chi connectivity index (χ1) is 7.72. The van der Waals surface area contributed by atoms with Gasteiger partial charge in [-0.15, -0.1) is 10.2 Å². The second kappa shape index (κ2) is 7.59. The van der Waals surface area contributed by atoms with Gasteiger partial charge in [0.25, 0.3) is 0 Å². The Labute approximate surface area is 103 Å². The van der Waals surface area contributed by atoms with Crippen LogP contribution in [0.15, 0.2) is 4.34 Å². The number of aryl methyl sites for hydroxylation is 1. The van der Waals surface area contributed by atoms with E-state index in [-0.39, 0.29) is 5.91 Å². The van der Waals surface area contributed by atoms with Crippen molar-refractivity contribution in [1.29, 1.82) is 0 Å². The SMILES string of the molecule is Cc1nnc(SCCCCCC(=O)NN)s1. The molecule has 5 nitrogen and oxygen atoms in total. The van der Waals surface area contributed by atoms with Gasteiger partial charge in [0.05, 0.1) is 0 Å². The molecule has 0 unspecified atom stereocenters. The highest BCUT2D eigenvalue weighted by Gasteiger charge is 2.01. The van der Waals surface area contributed by atoms with Crippen LogP contribution in [0.5, 0.6) is 0 Å². The number of nitrogens with one attached hydrogen (secondary N) is 1. The molecule has 1 heterocycles. The number of amides is 1. The van der Waals surface area contributed by atoms with E-state index in [4.69, 9.17) is 5.84 Å². The number of rotatable bonds is 7. The summed E-state index contributed by atoms with van der Waals surface area (Å²) in [5.74, 6) is 5.91. The number of hydrogen-bond acceptors (Lipinski definition) is 6. The standard InChI is InChI=1S/C9H16N4OS2/c1-7-12-13-9(16-7)15-6-4-2-3-5-8(14)11-10/h2-6,10H2,1H3,(H,11,14). The molecule has 0 saturated carbocycles. The molecule has 16 heavy (non-hydrogen) atoms. The minimum atomic E-state index is -0.0904. The molecule has 0 bridgehead atoms. The summed E-state index contributed by atoms with van der Waals surface area (Å²) in [5.41, 5.74) is 2.12. The zero-order valence-corrected chi connectivity index (χ0v) is 10.9. The van der Waals surface area contributed by atoms with Gasteiger partial charge in [-0.2, -0.15) is 0 Å². The lowest BCUT2D eigenvalue weighted by atomic mass is 10.2. The summed E-state index contributed by atoms with van der Waals surface area (Å²) in [7, 11) is 0. The van der Waals surface area contributed by atoms with E-state index in [1.165, 1.54) is 0 Å².